The molecule has 1 aromatic rings. The smallest absolute Gasteiger partial charge is 0.250 e. The Morgan fingerprint density at radius 2 is 1.92 bits per heavy atom. The number of amides is 2. The summed E-state index contributed by atoms with van der Waals surface area (Å²) >= 11 is 0. The molecule has 0 atom stereocenters. The minimum atomic E-state index is -0.439. The lowest BCUT2D eigenvalue weighted by atomic mass is 10.0. The third-order valence-electron chi connectivity index (χ3n) is 5.45. The van der Waals surface area contributed by atoms with Crippen molar-refractivity contribution in [3.05, 3.63) is 29.1 Å². The largest absolute Gasteiger partial charge is 0.366 e. The number of piperazine rings is 1. The monoisotopic (exact) mass is 359 g/mol. The summed E-state index contributed by atoms with van der Waals surface area (Å²) in [5.41, 5.74) is 7.86. The molecule has 3 rings (SSSR count). The number of fused-ring (bicyclic) bond motifs is 1. The molecule has 0 spiro atoms. The van der Waals surface area contributed by atoms with Gasteiger partial charge in [-0.3, -0.25) is 24.4 Å². The Kier molecular flexibility index (Phi) is 5.88. The molecule has 1 aromatic heterocycles. The van der Waals surface area contributed by atoms with Crippen LogP contribution in [0.4, 0.5) is 0 Å². The highest BCUT2D eigenvalue weighted by molar-refractivity contribution is 5.92. The zero-order chi connectivity index (χ0) is 18.7. The first-order valence-corrected chi connectivity index (χ1v) is 9.46. The number of carbonyl (C=O) groups is 2. The van der Waals surface area contributed by atoms with Crippen molar-refractivity contribution in [2.24, 2.45) is 5.73 Å². The van der Waals surface area contributed by atoms with Crippen LogP contribution in [0.5, 0.6) is 0 Å². The second-order valence-corrected chi connectivity index (χ2v) is 7.48. The van der Waals surface area contributed by atoms with Crippen molar-refractivity contribution in [3.63, 3.8) is 0 Å². The number of pyridine rings is 1. The average molecular weight is 359 g/mol. The van der Waals surface area contributed by atoms with Crippen molar-refractivity contribution in [1.29, 1.82) is 0 Å². The van der Waals surface area contributed by atoms with E-state index in [9.17, 15) is 9.59 Å². The second-order valence-electron chi connectivity index (χ2n) is 7.48. The second kappa shape index (κ2) is 8.14. The Morgan fingerprint density at radius 3 is 2.58 bits per heavy atom. The molecule has 2 aliphatic rings. The Hall–Kier alpha value is -1.99. The van der Waals surface area contributed by atoms with Crippen LogP contribution in [-0.4, -0.2) is 76.8 Å². The van der Waals surface area contributed by atoms with E-state index in [-0.39, 0.29) is 5.91 Å². The highest BCUT2D eigenvalue weighted by Crippen LogP contribution is 2.18. The molecule has 0 radical (unpaired) electrons. The SMILES string of the molecule is CC(C)N1CCN(C(=O)CCN2CCc3cc(C(N)=O)cnc3C2)CC1. The quantitative estimate of drug-likeness (QED) is 0.827. The van der Waals surface area contributed by atoms with E-state index in [1.807, 2.05) is 11.0 Å². The van der Waals surface area contributed by atoms with E-state index in [2.05, 4.69) is 28.6 Å². The van der Waals surface area contributed by atoms with Crippen molar-refractivity contribution in [2.75, 3.05) is 39.3 Å². The van der Waals surface area contributed by atoms with E-state index in [0.29, 0.717) is 18.0 Å². The fourth-order valence-electron chi connectivity index (χ4n) is 3.69. The van der Waals surface area contributed by atoms with E-state index in [4.69, 9.17) is 5.73 Å². The fraction of sp³-hybridized carbons (Fsp3) is 0.632. The highest BCUT2D eigenvalue weighted by atomic mass is 16.2. The maximum Gasteiger partial charge on any atom is 0.250 e. The summed E-state index contributed by atoms with van der Waals surface area (Å²) in [4.78, 5) is 34.8. The summed E-state index contributed by atoms with van der Waals surface area (Å²) in [5, 5.41) is 0. The van der Waals surface area contributed by atoms with Crippen LogP contribution in [0.2, 0.25) is 0 Å². The molecule has 0 saturated carbocycles. The Balaban J connectivity index is 1.47. The van der Waals surface area contributed by atoms with Crippen molar-refractivity contribution in [2.45, 2.75) is 39.3 Å². The van der Waals surface area contributed by atoms with Gasteiger partial charge < -0.3 is 10.6 Å². The summed E-state index contributed by atoms with van der Waals surface area (Å²) in [7, 11) is 0. The molecule has 2 N–H and O–H groups in total. The van der Waals surface area contributed by atoms with Gasteiger partial charge in [0, 0.05) is 64.5 Å². The number of hydrogen-bond acceptors (Lipinski definition) is 5. The van der Waals surface area contributed by atoms with Crippen LogP contribution in [0.1, 0.15) is 41.9 Å². The third-order valence-corrected chi connectivity index (χ3v) is 5.45. The maximum absolute atomic E-state index is 12.5. The van der Waals surface area contributed by atoms with Gasteiger partial charge in [0.15, 0.2) is 0 Å². The van der Waals surface area contributed by atoms with Crippen LogP contribution in [0.3, 0.4) is 0 Å². The molecule has 3 heterocycles. The molecule has 2 aliphatic heterocycles. The van der Waals surface area contributed by atoms with Crippen molar-refractivity contribution >= 4 is 11.8 Å². The normalized spacial score (nSPS) is 18.8. The topological polar surface area (TPSA) is 82.8 Å². The van der Waals surface area contributed by atoms with Gasteiger partial charge in [-0.25, -0.2) is 0 Å². The third kappa shape index (κ3) is 4.40. The lowest BCUT2D eigenvalue weighted by molar-refractivity contribution is -0.133. The molecule has 142 valence electrons. The van der Waals surface area contributed by atoms with Crippen LogP contribution < -0.4 is 5.73 Å². The van der Waals surface area contributed by atoms with Gasteiger partial charge in [-0.1, -0.05) is 0 Å². The lowest BCUT2D eigenvalue weighted by Crippen LogP contribution is -2.51. The Labute approximate surface area is 155 Å². The van der Waals surface area contributed by atoms with Crippen molar-refractivity contribution in [3.8, 4) is 0 Å². The Bertz CT molecular complexity index is 668. The zero-order valence-corrected chi connectivity index (χ0v) is 15.8. The minimum Gasteiger partial charge on any atom is -0.366 e. The molecule has 2 amide bonds. The number of nitrogens with two attached hydrogens (primary N) is 1. The van der Waals surface area contributed by atoms with Crippen molar-refractivity contribution < 1.29 is 9.59 Å². The van der Waals surface area contributed by atoms with Crippen LogP contribution in [-0.2, 0) is 17.8 Å². The standard InChI is InChI=1S/C19H29N5O2/c1-14(2)23-7-9-24(10-8-23)18(25)4-6-22-5-3-15-11-16(19(20)26)12-21-17(15)13-22/h11-12,14H,3-10,13H2,1-2H3,(H2,20,26). The molecule has 0 bridgehead atoms. The number of primary amides is 1. The molecule has 7 heteroatoms. The summed E-state index contributed by atoms with van der Waals surface area (Å²) in [6.07, 6.45) is 2.94. The fourth-order valence-corrected chi connectivity index (χ4v) is 3.69. The number of aromatic nitrogens is 1. The molecular formula is C19H29N5O2. The lowest BCUT2D eigenvalue weighted by Gasteiger charge is -2.37. The van der Waals surface area contributed by atoms with Crippen LogP contribution in [0.15, 0.2) is 12.3 Å². The molecule has 1 saturated heterocycles. The van der Waals surface area contributed by atoms with E-state index >= 15 is 0 Å². The first-order valence-electron chi connectivity index (χ1n) is 9.46. The maximum atomic E-state index is 12.5. The zero-order valence-electron chi connectivity index (χ0n) is 15.8. The van der Waals surface area contributed by atoms with Gasteiger partial charge in [-0.15, -0.1) is 0 Å². The highest BCUT2D eigenvalue weighted by Gasteiger charge is 2.24. The molecule has 0 aromatic carbocycles. The first kappa shape index (κ1) is 18.8. The summed E-state index contributed by atoms with van der Waals surface area (Å²) in [5.74, 6) is -0.192. The number of carbonyl (C=O) groups excluding carboxylic acids is 2. The molecular weight excluding hydrogens is 330 g/mol. The van der Waals surface area contributed by atoms with Crippen LogP contribution in [0, 0.1) is 0 Å². The van der Waals surface area contributed by atoms with Gasteiger partial charge in [0.2, 0.25) is 11.8 Å². The minimum absolute atomic E-state index is 0.247. The van der Waals surface area contributed by atoms with E-state index in [1.54, 1.807) is 6.20 Å². The van der Waals surface area contributed by atoms with Gasteiger partial charge >= 0.3 is 0 Å². The van der Waals surface area contributed by atoms with E-state index in [0.717, 1.165) is 63.5 Å². The van der Waals surface area contributed by atoms with Crippen LogP contribution >= 0.6 is 0 Å². The first-order chi connectivity index (χ1) is 12.4. The van der Waals surface area contributed by atoms with Crippen molar-refractivity contribution in [1.82, 2.24) is 19.7 Å². The predicted molar refractivity (Wildman–Crippen MR) is 99.6 cm³/mol. The number of rotatable bonds is 5. The summed E-state index contributed by atoms with van der Waals surface area (Å²) in [6.45, 7) is 10.3. The van der Waals surface area contributed by atoms with E-state index < -0.39 is 5.91 Å². The molecule has 0 unspecified atom stereocenters. The molecule has 1 fully saturated rings. The van der Waals surface area contributed by atoms with Crippen LogP contribution in [0.25, 0.3) is 0 Å². The number of hydrogen-bond donors (Lipinski definition) is 1. The van der Waals surface area contributed by atoms with Gasteiger partial charge in [0.1, 0.15) is 0 Å². The molecule has 0 aliphatic carbocycles. The summed E-state index contributed by atoms with van der Waals surface area (Å²) < 4.78 is 0. The van der Waals surface area contributed by atoms with Gasteiger partial charge in [0.05, 0.1) is 11.3 Å². The predicted octanol–water partition coefficient (Wildman–Crippen LogP) is 0.481. The molecule has 26 heavy (non-hydrogen) atoms. The Morgan fingerprint density at radius 1 is 1.19 bits per heavy atom. The molecule has 7 nitrogen and oxygen atoms in total. The van der Waals surface area contributed by atoms with Gasteiger partial charge in [0.25, 0.3) is 0 Å². The van der Waals surface area contributed by atoms with E-state index in [1.165, 1.54) is 0 Å². The van der Waals surface area contributed by atoms with Gasteiger partial charge in [-0.05, 0) is 31.9 Å². The summed E-state index contributed by atoms with van der Waals surface area (Å²) in [6, 6.07) is 2.39. The number of nitrogens with zero attached hydrogens (tertiary/aromatic N) is 4. The van der Waals surface area contributed by atoms with Gasteiger partial charge in [-0.2, -0.15) is 0 Å². The average Bonchev–Trinajstić information content (AvgIpc) is 2.65.